The number of alkyl halides is 15. The molecule has 0 saturated heterocycles. The lowest BCUT2D eigenvalue weighted by atomic mass is 9.64. The van der Waals surface area contributed by atoms with Crippen LogP contribution in [-0.4, -0.2) is 30.1 Å². The van der Waals surface area contributed by atoms with Crippen molar-refractivity contribution in [2.45, 2.75) is 36.3 Å². The second-order valence-electron chi connectivity index (χ2n) is 10.2. The number of cyclic esters (lactones) is 4. The van der Waals surface area contributed by atoms with E-state index in [1.165, 1.54) is 0 Å². The van der Waals surface area contributed by atoms with Gasteiger partial charge in [0.05, 0.1) is 44.5 Å². The van der Waals surface area contributed by atoms with Gasteiger partial charge < -0.3 is 9.47 Å². The maximum absolute atomic E-state index is 15.8. The molecule has 0 radical (unpaired) electrons. The zero-order valence-electron chi connectivity index (χ0n) is 22.7. The summed E-state index contributed by atoms with van der Waals surface area (Å²) in [6, 6.07) is -3.20. The third kappa shape index (κ3) is 5.34. The molecule has 0 amide bonds. The van der Waals surface area contributed by atoms with Crippen LogP contribution in [0, 0.1) is 0 Å². The molecule has 3 aromatic rings. The van der Waals surface area contributed by atoms with Crippen molar-refractivity contribution in [3.63, 3.8) is 0 Å². The van der Waals surface area contributed by atoms with Crippen LogP contribution in [0.4, 0.5) is 65.9 Å². The van der Waals surface area contributed by atoms with Crippen molar-refractivity contribution in [2.75, 3.05) is 0 Å². The highest BCUT2D eigenvalue weighted by molar-refractivity contribution is 6.17. The first kappa shape index (κ1) is 35.2. The van der Waals surface area contributed by atoms with Crippen LogP contribution in [0.3, 0.4) is 0 Å². The van der Waals surface area contributed by atoms with E-state index in [1.54, 1.807) is 0 Å². The Balaban J connectivity index is 2.18. The van der Waals surface area contributed by atoms with Gasteiger partial charge in [0.25, 0.3) is 0 Å². The van der Waals surface area contributed by atoms with Crippen LogP contribution in [0.15, 0.2) is 42.5 Å². The van der Waals surface area contributed by atoms with Crippen molar-refractivity contribution < 1.29 is 94.5 Å². The highest BCUT2D eigenvalue weighted by atomic mass is 19.4. The second-order valence-corrected chi connectivity index (χ2v) is 10.2. The fourth-order valence-electron chi connectivity index (χ4n) is 5.66. The quantitative estimate of drug-likeness (QED) is 0.117. The summed E-state index contributed by atoms with van der Waals surface area (Å²) in [5.41, 5.74) is -31.5. The van der Waals surface area contributed by atoms with E-state index in [-0.39, 0.29) is 24.3 Å². The summed E-state index contributed by atoms with van der Waals surface area (Å²) < 4.78 is 227. The molecule has 2 aliphatic rings. The summed E-state index contributed by atoms with van der Waals surface area (Å²) in [4.78, 5) is 48.8. The van der Waals surface area contributed by atoms with Gasteiger partial charge in [-0.05, 0) is 47.0 Å². The van der Waals surface area contributed by atoms with Gasteiger partial charge in [-0.25, -0.2) is 19.2 Å². The minimum absolute atomic E-state index is 0.00960. The summed E-state index contributed by atoms with van der Waals surface area (Å²) >= 11 is 0. The zero-order chi connectivity index (χ0) is 37.0. The first-order chi connectivity index (χ1) is 22.1. The maximum atomic E-state index is 15.8. The van der Waals surface area contributed by atoms with Gasteiger partial charge in [0.1, 0.15) is 5.41 Å². The molecule has 6 nitrogen and oxygen atoms in total. The predicted octanol–water partition coefficient (Wildman–Crippen LogP) is 8.28. The lowest BCUT2D eigenvalue weighted by molar-refractivity contribution is -0.175. The van der Waals surface area contributed by atoms with E-state index in [4.69, 9.17) is 0 Å². The molecule has 21 heteroatoms. The van der Waals surface area contributed by atoms with E-state index in [9.17, 15) is 71.9 Å². The fraction of sp³-hybridized carbons (Fsp3) is 0.214. The van der Waals surface area contributed by atoms with Crippen LogP contribution in [0.1, 0.15) is 80.4 Å². The SMILES string of the molecule is O=C1OC(=O)c2c1ccc(C(c1cc(C(F)(F)F)cc(C(F)(F)F)c1)(c1ccc3c(c1C(F)(F)F)C(=O)OC3=O)C(F)(F)F)c2C(F)(F)F. The molecule has 2 heterocycles. The molecule has 3 aromatic carbocycles. The van der Waals surface area contributed by atoms with Crippen molar-refractivity contribution in [3.8, 4) is 0 Å². The molecular formula is C28H7F15O6. The molecule has 49 heavy (non-hydrogen) atoms. The second kappa shape index (κ2) is 10.4. The van der Waals surface area contributed by atoms with Crippen molar-refractivity contribution in [1.29, 1.82) is 0 Å². The monoisotopic (exact) mass is 724 g/mol. The van der Waals surface area contributed by atoms with Crippen molar-refractivity contribution in [2.24, 2.45) is 0 Å². The Labute approximate surface area is 259 Å². The predicted molar refractivity (Wildman–Crippen MR) is 125 cm³/mol. The molecule has 0 aliphatic carbocycles. The molecule has 260 valence electrons. The van der Waals surface area contributed by atoms with Crippen molar-refractivity contribution in [3.05, 3.63) is 104 Å². The zero-order valence-corrected chi connectivity index (χ0v) is 22.7. The van der Waals surface area contributed by atoms with E-state index in [1.807, 2.05) is 0 Å². The van der Waals surface area contributed by atoms with Gasteiger partial charge in [-0.15, -0.1) is 0 Å². The number of esters is 4. The molecular weight excluding hydrogens is 717 g/mol. The molecule has 0 aromatic heterocycles. The number of halogens is 15. The Kier molecular flexibility index (Phi) is 7.50. The minimum Gasteiger partial charge on any atom is -0.386 e. The number of carbonyl (C=O) groups excluding carboxylic acids is 4. The number of hydrogen-bond acceptors (Lipinski definition) is 6. The minimum atomic E-state index is -6.86. The number of carbonyl (C=O) groups is 4. The Morgan fingerprint density at radius 2 is 0.735 bits per heavy atom. The van der Waals surface area contributed by atoms with Gasteiger partial charge >= 0.3 is 54.8 Å². The smallest absolute Gasteiger partial charge is 0.386 e. The molecule has 2 aliphatic heterocycles. The lowest BCUT2D eigenvalue weighted by Crippen LogP contribution is -2.48. The van der Waals surface area contributed by atoms with Crippen LogP contribution in [0.25, 0.3) is 0 Å². The van der Waals surface area contributed by atoms with E-state index < -0.39 is 140 Å². The summed E-state index contributed by atoms with van der Waals surface area (Å²) in [5.74, 6) is -8.49. The molecule has 0 fully saturated rings. The number of benzene rings is 3. The van der Waals surface area contributed by atoms with Crippen molar-refractivity contribution in [1.82, 2.24) is 0 Å². The Morgan fingerprint density at radius 1 is 0.408 bits per heavy atom. The first-order valence-corrected chi connectivity index (χ1v) is 12.5. The molecule has 0 bridgehead atoms. The van der Waals surface area contributed by atoms with Gasteiger partial charge in [-0.3, -0.25) is 0 Å². The Bertz CT molecular complexity index is 1850. The molecule has 5 rings (SSSR count). The molecule has 0 atom stereocenters. The van der Waals surface area contributed by atoms with Crippen LogP contribution in [0.5, 0.6) is 0 Å². The van der Waals surface area contributed by atoms with Crippen LogP contribution < -0.4 is 0 Å². The lowest BCUT2D eigenvalue weighted by Gasteiger charge is -2.41. The van der Waals surface area contributed by atoms with Crippen LogP contribution in [0.2, 0.25) is 0 Å². The third-order valence-electron chi connectivity index (χ3n) is 7.45. The Morgan fingerprint density at radius 3 is 1.02 bits per heavy atom. The normalized spacial score (nSPS) is 15.7. The van der Waals surface area contributed by atoms with Crippen LogP contribution >= 0.6 is 0 Å². The number of rotatable bonds is 3. The average molecular weight is 724 g/mol. The van der Waals surface area contributed by atoms with Crippen LogP contribution in [-0.2, 0) is 39.6 Å². The number of ether oxygens (including phenoxy) is 2. The van der Waals surface area contributed by atoms with E-state index in [0.29, 0.717) is 0 Å². The molecule has 0 spiro atoms. The van der Waals surface area contributed by atoms with Gasteiger partial charge in [-0.1, -0.05) is 12.1 Å². The van der Waals surface area contributed by atoms with Gasteiger partial charge in [0.15, 0.2) is 0 Å². The Hall–Kier alpha value is -5.11. The van der Waals surface area contributed by atoms with E-state index >= 15 is 13.2 Å². The number of hydrogen-bond donors (Lipinski definition) is 0. The largest absolute Gasteiger partial charge is 0.417 e. The highest BCUT2D eigenvalue weighted by Gasteiger charge is 2.65. The summed E-state index contributed by atoms with van der Waals surface area (Å²) in [6.07, 6.45) is -31.6. The van der Waals surface area contributed by atoms with E-state index in [2.05, 4.69) is 9.47 Å². The fourth-order valence-corrected chi connectivity index (χ4v) is 5.66. The van der Waals surface area contributed by atoms with Gasteiger partial charge in [-0.2, -0.15) is 65.9 Å². The van der Waals surface area contributed by atoms with Gasteiger partial charge in [0, 0.05) is 0 Å². The molecule has 0 saturated carbocycles. The maximum Gasteiger partial charge on any atom is 0.417 e. The van der Waals surface area contributed by atoms with Gasteiger partial charge in [0.2, 0.25) is 0 Å². The van der Waals surface area contributed by atoms with Crippen molar-refractivity contribution >= 4 is 23.9 Å². The average Bonchev–Trinajstić information content (AvgIpc) is 3.38. The summed E-state index contributed by atoms with van der Waals surface area (Å²) in [5, 5.41) is 0. The number of fused-ring (bicyclic) bond motifs is 2. The highest BCUT2D eigenvalue weighted by Crippen LogP contribution is 2.59. The topological polar surface area (TPSA) is 86.7 Å². The third-order valence-corrected chi connectivity index (χ3v) is 7.45. The van der Waals surface area contributed by atoms with E-state index in [0.717, 1.165) is 0 Å². The first-order valence-electron chi connectivity index (χ1n) is 12.5. The molecule has 0 N–H and O–H groups in total. The summed E-state index contributed by atoms with van der Waals surface area (Å²) in [6.45, 7) is 0. The summed E-state index contributed by atoms with van der Waals surface area (Å²) in [7, 11) is 0. The standard InChI is InChI=1S/C28H7F15O6/c29-24(30,31)9-5-8(6-10(7-9)25(32,33)34)23(28(41,42)43,13-3-1-11-15(17(13)26(35,36)37)21(46)48-19(11)44)14-4-2-12-16(18(14)27(38,39)40)22(47)49-20(12)45/h1-7H. The molecule has 0 unspecified atom stereocenters.